The number of phosphoric acid groups is 1. The molecule has 0 fully saturated rings. The summed E-state index contributed by atoms with van der Waals surface area (Å²) in [6.45, 7) is 2.34. The van der Waals surface area contributed by atoms with Crippen molar-refractivity contribution in [3.63, 3.8) is 0 Å². The molecule has 0 amide bonds. The first-order chi connectivity index (χ1) is 26.7. The van der Waals surface area contributed by atoms with Crippen molar-refractivity contribution in [3.8, 4) is 0 Å². The third kappa shape index (κ3) is 40.2. The maximum absolute atomic E-state index is 12.6. The molecule has 55 heavy (non-hydrogen) atoms. The Bertz CT molecular complexity index is 1010. The third-order valence-corrected chi connectivity index (χ3v) is 10.2. The van der Waals surface area contributed by atoms with Crippen LogP contribution in [-0.2, 0) is 32.7 Å². The minimum Gasteiger partial charge on any atom is -0.462 e. The Morgan fingerprint density at radius 3 is 1.45 bits per heavy atom. The summed E-state index contributed by atoms with van der Waals surface area (Å²) in [5, 5.41) is 18.3. The van der Waals surface area contributed by atoms with Crippen molar-refractivity contribution in [2.45, 2.75) is 206 Å². The van der Waals surface area contributed by atoms with Crippen LogP contribution in [0.15, 0.2) is 36.5 Å². The van der Waals surface area contributed by atoms with E-state index in [4.69, 9.17) is 19.1 Å². The van der Waals surface area contributed by atoms with E-state index in [1.54, 1.807) is 0 Å². The molecule has 0 aliphatic heterocycles. The van der Waals surface area contributed by atoms with E-state index in [9.17, 15) is 24.2 Å². The van der Waals surface area contributed by atoms with Gasteiger partial charge in [0.25, 0.3) is 0 Å². The van der Waals surface area contributed by atoms with Gasteiger partial charge < -0.3 is 24.6 Å². The summed E-state index contributed by atoms with van der Waals surface area (Å²) >= 11 is 0. The van der Waals surface area contributed by atoms with Crippen LogP contribution < -0.4 is 0 Å². The fourth-order valence-corrected chi connectivity index (χ4v) is 6.63. The van der Waals surface area contributed by atoms with E-state index in [2.05, 4.69) is 54.8 Å². The van der Waals surface area contributed by atoms with E-state index in [1.807, 2.05) is 0 Å². The summed E-state index contributed by atoms with van der Waals surface area (Å²) in [4.78, 5) is 35.0. The van der Waals surface area contributed by atoms with Gasteiger partial charge in [0.1, 0.15) is 12.7 Å². The van der Waals surface area contributed by atoms with Gasteiger partial charge in [-0.3, -0.25) is 18.6 Å². The third-order valence-electron chi connectivity index (χ3n) is 9.27. The van der Waals surface area contributed by atoms with Gasteiger partial charge in [-0.1, -0.05) is 147 Å². The molecule has 0 saturated carbocycles. The molecule has 1 unspecified atom stereocenters. The van der Waals surface area contributed by atoms with Crippen molar-refractivity contribution in [1.29, 1.82) is 0 Å². The summed E-state index contributed by atoms with van der Waals surface area (Å²) in [6.07, 6.45) is 41.0. The minimum absolute atomic E-state index is 0.173. The summed E-state index contributed by atoms with van der Waals surface area (Å²) in [5.74, 6) is -0.941. The van der Waals surface area contributed by atoms with Crippen LogP contribution in [0, 0.1) is 0 Å². The van der Waals surface area contributed by atoms with Crippen molar-refractivity contribution in [2.75, 3.05) is 26.4 Å². The highest BCUT2D eigenvalue weighted by Gasteiger charge is 2.27. The largest absolute Gasteiger partial charge is 0.472 e. The second kappa shape index (κ2) is 40.4. The van der Waals surface area contributed by atoms with Crippen LogP contribution in [0.5, 0.6) is 0 Å². The van der Waals surface area contributed by atoms with E-state index in [0.29, 0.717) is 12.8 Å². The molecule has 11 heteroatoms. The first-order valence-electron chi connectivity index (χ1n) is 21.9. The molecular formula is C44H81O10P. The van der Waals surface area contributed by atoms with Crippen LogP contribution in [0.1, 0.15) is 194 Å². The zero-order valence-electron chi connectivity index (χ0n) is 34.9. The van der Waals surface area contributed by atoms with Gasteiger partial charge in [0.15, 0.2) is 6.10 Å². The lowest BCUT2D eigenvalue weighted by molar-refractivity contribution is -0.161. The number of rotatable bonds is 41. The predicted octanol–water partition coefficient (Wildman–Crippen LogP) is 11.6. The number of unbranched alkanes of at least 4 members (excludes halogenated alkanes) is 21. The first kappa shape index (κ1) is 53.2. The maximum Gasteiger partial charge on any atom is 0.472 e. The molecule has 10 nitrogen and oxygen atoms in total. The Morgan fingerprint density at radius 1 is 0.545 bits per heavy atom. The lowest BCUT2D eigenvalue weighted by Crippen LogP contribution is -2.29. The van der Waals surface area contributed by atoms with Crippen LogP contribution in [0.25, 0.3) is 0 Å². The SMILES string of the molecule is CCCCC/C=C\C/C=C\CCCCCCCCCC(=O)OC[C@H](COP(=O)(O)OC[C@@H](O)CO)OC(=O)CCCCCCC/C=C\CCCCCCCC. The molecule has 3 N–H and O–H groups in total. The molecule has 0 aliphatic carbocycles. The van der Waals surface area contributed by atoms with Gasteiger partial charge in [-0.25, -0.2) is 4.57 Å². The quantitative estimate of drug-likeness (QED) is 0.0236. The second-order valence-electron chi connectivity index (χ2n) is 14.7. The Morgan fingerprint density at radius 2 is 0.945 bits per heavy atom. The molecule has 0 radical (unpaired) electrons. The topological polar surface area (TPSA) is 149 Å². The van der Waals surface area contributed by atoms with Gasteiger partial charge in [-0.15, -0.1) is 0 Å². The van der Waals surface area contributed by atoms with Crippen molar-refractivity contribution in [2.24, 2.45) is 0 Å². The first-order valence-corrected chi connectivity index (χ1v) is 23.4. The average molecular weight is 801 g/mol. The van der Waals surface area contributed by atoms with Gasteiger partial charge >= 0.3 is 19.8 Å². The highest BCUT2D eigenvalue weighted by atomic mass is 31.2. The summed E-state index contributed by atoms with van der Waals surface area (Å²) in [5.41, 5.74) is 0. The average Bonchev–Trinajstić information content (AvgIpc) is 3.17. The van der Waals surface area contributed by atoms with Crippen molar-refractivity contribution >= 4 is 19.8 Å². The van der Waals surface area contributed by atoms with Crippen LogP contribution in [0.2, 0.25) is 0 Å². The summed E-state index contributed by atoms with van der Waals surface area (Å²) in [7, 11) is -4.62. The predicted molar refractivity (Wildman–Crippen MR) is 224 cm³/mol. The van der Waals surface area contributed by atoms with E-state index >= 15 is 0 Å². The van der Waals surface area contributed by atoms with E-state index < -0.39 is 51.8 Å². The van der Waals surface area contributed by atoms with Gasteiger partial charge in [-0.2, -0.15) is 0 Å². The fourth-order valence-electron chi connectivity index (χ4n) is 5.84. The molecular weight excluding hydrogens is 719 g/mol. The maximum atomic E-state index is 12.6. The van der Waals surface area contributed by atoms with Crippen molar-refractivity contribution in [1.82, 2.24) is 0 Å². The molecule has 0 spiro atoms. The Hall–Kier alpha value is -1.81. The van der Waals surface area contributed by atoms with Gasteiger partial charge in [0.2, 0.25) is 0 Å². The number of carbonyl (C=O) groups is 2. The number of hydrogen-bond donors (Lipinski definition) is 3. The number of ether oxygens (including phenoxy) is 2. The van der Waals surface area contributed by atoms with Crippen LogP contribution >= 0.6 is 7.82 Å². The van der Waals surface area contributed by atoms with Gasteiger partial charge in [0.05, 0.1) is 19.8 Å². The minimum atomic E-state index is -4.62. The zero-order valence-corrected chi connectivity index (χ0v) is 35.8. The summed E-state index contributed by atoms with van der Waals surface area (Å²) in [6, 6.07) is 0. The number of phosphoric ester groups is 1. The fraction of sp³-hybridized carbons (Fsp3) is 0.818. The second-order valence-corrected chi connectivity index (χ2v) is 16.2. The lowest BCUT2D eigenvalue weighted by Gasteiger charge is -2.20. The van der Waals surface area contributed by atoms with Gasteiger partial charge in [0, 0.05) is 12.8 Å². The number of aliphatic hydroxyl groups excluding tert-OH is 2. The number of esters is 2. The van der Waals surface area contributed by atoms with Crippen LogP contribution in [0.4, 0.5) is 0 Å². The molecule has 0 bridgehead atoms. The zero-order chi connectivity index (χ0) is 40.5. The molecule has 0 saturated heterocycles. The van der Waals surface area contributed by atoms with E-state index in [1.165, 1.54) is 83.5 Å². The molecule has 0 aromatic carbocycles. The van der Waals surface area contributed by atoms with E-state index in [-0.39, 0.29) is 19.4 Å². The van der Waals surface area contributed by atoms with E-state index in [0.717, 1.165) is 70.6 Å². The van der Waals surface area contributed by atoms with Gasteiger partial charge in [-0.05, 0) is 70.6 Å². The Kier molecular flexibility index (Phi) is 39.1. The van der Waals surface area contributed by atoms with Crippen molar-refractivity contribution < 1.29 is 47.8 Å². The molecule has 0 aromatic rings. The highest BCUT2D eigenvalue weighted by Crippen LogP contribution is 2.43. The normalized spacial score (nSPS) is 14.2. The molecule has 322 valence electrons. The smallest absolute Gasteiger partial charge is 0.462 e. The standard InChI is InChI=1S/C44H81O10P/c1-3-5-7-9-11-13-15-17-19-20-22-23-25-27-29-31-33-35-43(47)51-39-42(40-53-55(49,50)52-38-41(46)37-45)54-44(48)36-34-32-30-28-26-24-21-18-16-14-12-10-8-6-4-2/h11,13,17-19,21,41-42,45-46H,3-10,12,14-16,20,22-40H2,1-2H3,(H,49,50)/b13-11-,19-17-,21-18-/t41-,42+/m0/s1. The molecule has 0 aliphatic rings. The number of aliphatic hydroxyl groups is 2. The number of allylic oxidation sites excluding steroid dienone is 6. The monoisotopic (exact) mass is 801 g/mol. The number of carbonyl (C=O) groups excluding carboxylic acids is 2. The van der Waals surface area contributed by atoms with Crippen molar-refractivity contribution in [3.05, 3.63) is 36.5 Å². The number of hydrogen-bond acceptors (Lipinski definition) is 9. The molecule has 0 rings (SSSR count). The molecule has 0 aromatic heterocycles. The lowest BCUT2D eigenvalue weighted by atomic mass is 10.1. The molecule has 3 atom stereocenters. The van der Waals surface area contributed by atoms with Crippen LogP contribution in [0.3, 0.4) is 0 Å². The Labute approximate surface area is 335 Å². The summed E-state index contributed by atoms with van der Waals surface area (Å²) < 4.78 is 32.7. The highest BCUT2D eigenvalue weighted by molar-refractivity contribution is 7.47. The molecule has 0 heterocycles. The Balaban J connectivity index is 4.31. The van der Waals surface area contributed by atoms with Crippen LogP contribution in [-0.4, -0.2) is 65.7 Å².